The molecule has 1 atom stereocenters. The maximum atomic E-state index is 13.1. The number of hydrogen-bond donors (Lipinski definition) is 1. The predicted molar refractivity (Wildman–Crippen MR) is 120 cm³/mol. The van der Waals surface area contributed by atoms with Crippen molar-refractivity contribution in [3.8, 4) is 10.7 Å². The number of nitrogens with zero attached hydrogens (tertiary/aromatic N) is 5. The van der Waals surface area contributed by atoms with Gasteiger partial charge in [0.2, 0.25) is 17.6 Å². The topological polar surface area (TPSA) is 102 Å². The number of hydrogen-bond acceptors (Lipinski definition) is 7. The first kappa shape index (κ1) is 22.4. The number of tetrazole rings is 1. The number of benzene rings is 1. The number of amides is 2. The minimum Gasteiger partial charge on any atom is -0.376 e. The van der Waals surface area contributed by atoms with Gasteiger partial charge in [-0.2, -0.15) is 4.80 Å². The summed E-state index contributed by atoms with van der Waals surface area (Å²) in [5, 5.41) is 17.6. The van der Waals surface area contributed by atoms with E-state index in [1.54, 1.807) is 6.07 Å². The minimum atomic E-state index is -0.313. The van der Waals surface area contributed by atoms with Crippen molar-refractivity contribution >= 4 is 34.8 Å². The van der Waals surface area contributed by atoms with Gasteiger partial charge in [-0.05, 0) is 41.1 Å². The predicted octanol–water partition coefficient (Wildman–Crippen LogP) is 2.38. The van der Waals surface area contributed by atoms with Gasteiger partial charge < -0.3 is 15.0 Å². The summed E-state index contributed by atoms with van der Waals surface area (Å²) in [6.07, 6.45) is 1.95. The highest BCUT2D eigenvalue weighted by Crippen LogP contribution is 2.20. The summed E-state index contributed by atoms with van der Waals surface area (Å²) in [5.41, 5.74) is 0.750. The normalized spacial score (nSPS) is 15.6. The largest absolute Gasteiger partial charge is 0.376 e. The molecule has 1 saturated heterocycles. The molecule has 3 aromatic rings. The summed E-state index contributed by atoms with van der Waals surface area (Å²) in [7, 11) is 0. The lowest BCUT2D eigenvalue weighted by molar-refractivity contribution is -0.137. The van der Waals surface area contributed by atoms with E-state index < -0.39 is 0 Å². The molecule has 2 amide bonds. The Bertz CT molecular complexity index is 1050. The molecule has 3 heterocycles. The van der Waals surface area contributed by atoms with E-state index in [2.05, 4.69) is 20.7 Å². The maximum Gasteiger partial charge on any atom is 0.247 e. The Hall–Kier alpha value is -2.82. The van der Waals surface area contributed by atoms with E-state index in [1.807, 2.05) is 35.7 Å². The number of aromatic nitrogens is 4. The monoisotopic (exact) mass is 474 g/mol. The molecule has 2 aromatic heterocycles. The molecule has 11 heteroatoms. The number of nitrogens with one attached hydrogen (secondary N) is 1. The van der Waals surface area contributed by atoms with Crippen molar-refractivity contribution in [2.24, 2.45) is 0 Å². The standard InChI is InChI=1S/C21H23ClN6O3S/c22-17-7-2-1-5-15(17)12-27(13-19(29)23-11-16-6-3-9-31-16)20(30)14-28-25-21(24-26-28)18-8-4-10-32-18/h1-2,4-5,7-8,10,16H,3,6,9,11-14H2,(H,23,29)/t16-/m1/s1. The molecule has 1 aliphatic heterocycles. The van der Waals surface area contributed by atoms with Gasteiger partial charge in [-0.25, -0.2) is 0 Å². The molecule has 1 N–H and O–H groups in total. The molecule has 0 aliphatic carbocycles. The third kappa shape index (κ3) is 5.90. The van der Waals surface area contributed by atoms with Gasteiger partial charge in [0.1, 0.15) is 6.54 Å². The van der Waals surface area contributed by atoms with Crippen molar-refractivity contribution in [3.05, 3.63) is 52.4 Å². The van der Waals surface area contributed by atoms with E-state index in [9.17, 15) is 9.59 Å². The van der Waals surface area contributed by atoms with Crippen LogP contribution >= 0.6 is 22.9 Å². The number of thiophene rings is 1. The summed E-state index contributed by atoms with van der Waals surface area (Å²) in [6, 6.07) is 11.0. The zero-order valence-electron chi connectivity index (χ0n) is 17.3. The summed E-state index contributed by atoms with van der Waals surface area (Å²) >= 11 is 7.77. The van der Waals surface area contributed by atoms with Gasteiger partial charge >= 0.3 is 0 Å². The lowest BCUT2D eigenvalue weighted by atomic mass is 10.2. The SMILES string of the molecule is O=C(CN(Cc1ccccc1Cl)C(=O)Cn1nnc(-c2cccs2)n1)NC[C@H]1CCCO1. The van der Waals surface area contributed by atoms with Crippen molar-refractivity contribution in [1.29, 1.82) is 0 Å². The second-order valence-corrected chi connectivity index (χ2v) is 8.76. The Kier molecular flexibility index (Phi) is 7.46. The smallest absolute Gasteiger partial charge is 0.247 e. The fourth-order valence-electron chi connectivity index (χ4n) is 3.36. The number of halogens is 1. The molecule has 0 radical (unpaired) electrons. The minimum absolute atomic E-state index is 0.0293. The van der Waals surface area contributed by atoms with Gasteiger partial charge in [0.15, 0.2) is 0 Å². The van der Waals surface area contributed by atoms with Crippen molar-refractivity contribution in [1.82, 2.24) is 30.4 Å². The van der Waals surface area contributed by atoms with Gasteiger partial charge in [-0.3, -0.25) is 9.59 Å². The van der Waals surface area contributed by atoms with E-state index in [-0.39, 0.29) is 37.6 Å². The zero-order valence-corrected chi connectivity index (χ0v) is 18.9. The molecular weight excluding hydrogens is 452 g/mol. The van der Waals surface area contributed by atoms with E-state index in [4.69, 9.17) is 16.3 Å². The molecule has 4 rings (SSSR count). The highest BCUT2D eigenvalue weighted by atomic mass is 35.5. The number of ether oxygens (including phenoxy) is 1. The first-order valence-electron chi connectivity index (χ1n) is 10.3. The van der Waals surface area contributed by atoms with E-state index in [1.165, 1.54) is 21.0 Å². The average Bonchev–Trinajstić information content (AvgIpc) is 3.55. The lowest BCUT2D eigenvalue weighted by Gasteiger charge is -2.23. The first-order chi connectivity index (χ1) is 15.6. The first-order valence-corrected chi connectivity index (χ1v) is 11.6. The van der Waals surface area contributed by atoms with Gasteiger partial charge in [-0.15, -0.1) is 21.5 Å². The number of carbonyl (C=O) groups is 2. The highest BCUT2D eigenvalue weighted by molar-refractivity contribution is 7.13. The van der Waals surface area contributed by atoms with Crippen LogP contribution in [0.2, 0.25) is 5.02 Å². The summed E-state index contributed by atoms with van der Waals surface area (Å²) in [5.74, 6) is -0.112. The summed E-state index contributed by atoms with van der Waals surface area (Å²) < 4.78 is 5.54. The Balaban J connectivity index is 1.43. The Morgan fingerprint density at radius 3 is 2.91 bits per heavy atom. The molecule has 0 unspecified atom stereocenters. The van der Waals surface area contributed by atoms with Gasteiger partial charge in [-0.1, -0.05) is 35.9 Å². The third-order valence-electron chi connectivity index (χ3n) is 5.03. The molecule has 32 heavy (non-hydrogen) atoms. The molecule has 9 nitrogen and oxygen atoms in total. The zero-order chi connectivity index (χ0) is 22.3. The molecule has 168 valence electrons. The van der Waals surface area contributed by atoms with Gasteiger partial charge in [0, 0.05) is 24.7 Å². The quantitative estimate of drug-likeness (QED) is 0.511. The Morgan fingerprint density at radius 1 is 1.28 bits per heavy atom. The summed E-state index contributed by atoms with van der Waals surface area (Å²) in [4.78, 5) is 29.2. The van der Waals surface area contributed by atoms with Crippen LogP contribution in [0, 0.1) is 0 Å². The second kappa shape index (κ2) is 10.7. The van der Waals surface area contributed by atoms with Crippen LogP contribution in [0.4, 0.5) is 0 Å². The molecule has 1 aromatic carbocycles. The molecular formula is C21H23ClN6O3S. The van der Waals surface area contributed by atoms with Gasteiger partial charge in [0.25, 0.3) is 0 Å². The van der Waals surface area contributed by atoms with Crippen LogP contribution in [0.1, 0.15) is 18.4 Å². The molecule has 0 spiro atoms. The van der Waals surface area contributed by atoms with Crippen molar-refractivity contribution in [3.63, 3.8) is 0 Å². The van der Waals surface area contributed by atoms with Crippen LogP contribution in [-0.4, -0.2) is 62.7 Å². The molecule has 1 aliphatic rings. The maximum absolute atomic E-state index is 13.1. The lowest BCUT2D eigenvalue weighted by Crippen LogP contribution is -2.43. The molecule has 0 bridgehead atoms. The molecule has 0 saturated carbocycles. The van der Waals surface area contributed by atoms with Gasteiger partial charge in [0.05, 0.1) is 17.5 Å². The Morgan fingerprint density at radius 2 is 2.16 bits per heavy atom. The fraction of sp³-hybridized carbons (Fsp3) is 0.381. The second-order valence-electron chi connectivity index (χ2n) is 7.40. The van der Waals surface area contributed by atoms with E-state index >= 15 is 0 Å². The van der Waals surface area contributed by atoms with Crippen molar-refractivity contribution in [2.45, 2.75) is 32.0 Å². The van der Waals surface area contributed by atoms with Crippen LogP contribution in [0.15, 0.2) is 41.8 Å². The third-order valence-corrected chi connectivity index (χ3v) is 6.26. The highest BCUT2D eigenvalue weighted by Gasteiger charge is 2.22. The van der Waals surface area contributed by atoms with E-state index in [0.717, 1.165) is 29.9 Å². The van der Waals surface area contributed by atoms with Crippen LogP contribution in [-0.2, 0) is 27.4 Å². The fourth-order valence-corrected chi connectivity index (χ4v) is 4.21. The van der Waals surface area contributed by atoms with Crippen LogP contribution in [0.5, 0.6) is 0 Å². The van der Waals surface area contributed by atoms with Crippen molar-refractivity contribution in [2.75, 3.05) is 19.7 Å². The van der Waals surface area contributed by atoms with Crippen molar-refractivity contribution < 1.29 is 14.3 Å². The summed E-state index contributed by atoms with van der Waals surface area (Å²) in [6.45, 7) is 1.10. The number of rotatable bonds is 9. The molecule has 1 fully saturated rings. The van der Waals surface area contributed by atoms with E-state index in [0.29, 0.717) is 17.4 Å². The van der Waals surface area contributed by atoms with Crippen LogP contribution in [0.25, 0.3) is 10.7 Å². The average molecular weight is 475 g/mol. The van der Waals surface area contributed by atoms with Crippen LogP contribution < -0.4 is 5.32 Å². The van der Waals surface area contributed by atoms with Crippen LogP contribution in [0.3, 0.4) is 0 Å². The Labute approximate surface area is 194 Å². The number of carbonyl (C=O) groups excluding carboxylic acids is 2.